The van der Waals surface area contributed by atoms with Crippen LogP contribution in [0.25, 0.3) is 0 Å². The minimum atomic E-state index is 0.0746. The van der Waals surface area contributed by atoms with E-state index in [4.69, 9.17) is 4.74 Å². The Morgan fingerprint density at radius 2 is 2.00 bits per heavy atom. The van der Waals surface area contributed by atoms with Crippen LogP contribution in [0.15, 0.2) is 24.3 Å². The van der Waals surface area contributed by atoms with Crippen molar-refractivity contribution in [1.29, 1.82) is 0 Å². The van der Waals surface area contributed by atoms with Gasteiger partial charge in [-0.3, -0.25) is 4.79 Å². The van der Waals surface area contributed by atoms with Gasteiger partial charge in [0.25, 0.3) is 0 Å². The molecule has 0 aliphatic rings. The molecule has 1 aromatic rings. The Labute approximate surface area is 103 Å². The van der Waals surface area contributed by atoms with E-state index in [2.05, 4.69) is 36.5 Å². The van der Waals surface area contributed by atoms with E-state index in [-0.39, 0.29) is 11.9 Å². The predicted octanol–water partition coefficient (Wildman–Crippen LogP) is 2.08. The van der Waals surface area contributed by atoms with Crippen molar-refractivity contribution < 1.29 is 9.53 Å². The monoisotopic (exact) mass is 235 g/mol. The Bertz CT molecular complexity index is 346. The van der Waals surface area contributed by atoms with E-state index in [0.29, 0.717) is 13.0 Å². The van der Waals surface area contributed by atoms with Gasteiger partial charge in [0.15, 0.2) is 0 Å². The van der Waals surface area contributed by atoms with E-state index >= 15 is 0 Å². The molecule has 3 heteroatoms. The molecule has 0 bridgehead atoms. The lowest BCUT2D eigenvalue weighted by Crippen LogP contribution is -2.35. The number of hydrogen-bond donors (Lipinski definition) is 1. The SMILES string of the molecule is COCC(C)NC(=O)CCc1ccc(C)cc1. The standard InChI is InChI=1S/C14H21NO2/c1-11-4-6-13(7-5-11)8-9-14(16)15-12(2)10-17-3/h4-7,12H,8-10H2,1-3H3,(H,15,16). The van der Waals surface area contributed by atoms with Gasteiger partial charge in [-0.15, -0.1) is 0 Å². The van der Waals surface area contributed by atoms with Crippen LogP contribution >= 0.6 is 0 Å². The summed E-state index contributed by atoms with van der Waals surface area (Å²) in [4.78, 5) is 11.6. The Morgan fingerprint density at radius 1 is 1.35 bits per heavy atom. The number of ether oxygens (including phenoxy) is 1. The first-order valence-electron chi connectivity index (χ1n) is 5.95. The third kappa shape index (κ3) is 5.50. The largest absolute Gasteiger partial charge is 0.383 e. The summed E-state index contributed by atoms with van der Waals surface area (Å²) in [5.41, 5.74) is 2.44. The maximum atomic E-state index is 11.6. The highest BCUT2D eigenvalue weighted by Gasteiger charge is 2.06. The molecule has 0 spiro atoms. The quantitative estimate of drug-likeness (QED) is 0.820. The zero-order chi connectivity index (χ0) is 12.7. The fraction of sp³-hybridized carbons (Fsp3) is 0.500. The molecule has 0 heterocycles. The molecule has 1 amide bonds. The molecule has 0 radical (unpaired) electrons. The van der Waals surface area contributed by atoms with E-state index < -0.39 is 0 Å². The van der Waals surface area contributed by atoms with Crippen LogP contribution in [-0.4, -0.2) is 25.7 Å². The number of aryl methyl sites for hydroxylation is 2. The first-order chi connectivity index (χ1) is 8.11. The van der Waals surface area contributed by atoms with E-state index in [9.17, 15) is 4.79 Å². The van der Waals surface area contributed by atoms with Crippen LogP contribution in [0.4, 0.5) is 0 Å². The van der Waals surface area contributed by atoms with Gasteiger partial charge in [-0.05, 0) is 25.8 Å². The molecule has 0 saturated heterocycles. The van der Waals surface area contributed by atoms with Crippen LogP contribution in [0.5, 0.6) is 0 Å². The number of amides is 1. The zero-order valence-corrected chi connectivity index (χ0v) is 10.8. The highest BCUT2D eigenvalue weighted by atomic mass is 16.5. The maximum Gasteiger partial charge on any atom is 0.220 e. The second kappa shape index (κ2) is 7.07. The van der Waals surface area contributed by atoms with Gasteiger partial charge in [0.2, 0.25) is 5.91 Å². The number of methoxy groups -OCH3 is 1. The summed E-state index contributed by atoms with van der Waals surface area (Å²) in [6.45, 7) is 4.55. The molecule has 0 saturated carbocycles. The molecule has 1 N–H and O–H groups in total. The number of carbonyl (C=O) groups is 1. The summed E-state index contributed by atoms with van der Waals surface area (Å²) >= 11 is 0. The van der Waals surface area contributed by atoms with Crippen molar-refractivity contribution in [3.8, 4) is 0 Å². The van der Waals surface area contributed by atoms with Gasteiger partial charge in [0.05, 0.1) is 6.61 Å². The normalized spacial score (nSPS) is 12.2. The van der Waals surface area contributed by atoms with Crippen molar-refractivity contribution in [2.24, 2.45) is 0 Å². The Balaban J connectivity index is 2.30. The highest BCUT2D eigenvalue weighted by Crippen LogP contribution is 2.05. The van der Waals surface area contributed by atoms with Gasteiger partial charge in [0.1, 0.15) is 0 Å². The molecular weight excluding hydrogens is 214 g/mol. The molecule has 1 rings (SSSR count). The lowest BCUT2D eigenvalue weighted by atomic mass is 10.1. The highest BCUT2D eigenvalue weighted by molar-refractivity contribution is 5.76. The van der Waals surface area contributed by atoms with Crippen LogP contribution in [0, 0.1) is 6.92 Å². The molecule has 1 aromatic carbocycles. The minimum Gasteiger partial charge on any atom is -0.383 e. The number of carbonyl (C=O) groups excluding carboxylic acids is 1. The van der Waals surface area contributed by atoms with Gasteiger partial charge < -0.3 is 10.1 Å². The summed E-state index contributed by atoms with van der Waals surface area (Å²) in [5, 5.41) is 2.90. The fourth-order valence-electron chi connectivity index (χ4n) is 1.65. The van der Waals surface area contributed by atoms with Crippen LogP contribution in [0.3, 0.4) is 0 Å². The lowest BCUT2D eigenvalue weighted by Gasteiger charge is -2.12. The van der Waals surface area contributed by atoms with E-state index in [1.54, 1.807) is 7.11 Å². The molecule has 0 aromatic heterocycles. The summed E-state index contributed by atoms with van der Waals surface area (Å²) in [6.07, 6.45) is 1.31. The Hall–Kier alpha value is -1.35. The lowest BCUT2D eigenvalue weighted by molar-refractivity contribution is -0.122. The van der Waals surface area contributed by atoms with Crippen molar-refractivity contribution >= 4 is 5.91 Å². The molecule has 0 fully saturated rings. The van der Waals surface area contributed by atoms with Crippen molar-refractivity contribution in [1.82, 2.24) is 5.32 Å². The van der Waals surface area contributed by atoms with Gasteiger partial charge in [0, 0.05) is 19.6 Å². The number of hydrogen-bond acceptors (Lipinski definition) is 2. The Morgan fingerprint density at radius 3 is 2.59 bits per heavy atom. The summed E-state index contributed by atoms with van der Waals surface area (Å²) in [5.74, 6) is 0.0788. The van der Waals surface area contributed by atoms with Gasteiger partial charge in [-0.25, -0.2) is 0 Å². The third-order valence-corrected chi connectivity index (χ3v) is 2.59. The molecule has 3 nitrogen and oxygen atoms in total. The molecule has 17 heavy (non-hydrogen) atoms. The van der Waals surface area contributed by atoms with Crippen molar-refractivity contribution in [3.05, 3.63) is 35.4 Å². The zero-order valence-electron chi connectivity index (χ0n) is 10.8. The second-order valence-corrected chi connectivity index (χ2v) is 4.41. The van der Waals surface area contributed by atoms with Gasteiger partial charge in [-0.2, -0.15) is 0 Å². The second-order valence-electron chi connectivity index (χ2n) is 4.41. The summed E-state index contributed by atoms with van der Waals surface area (Å²) < 4.78 is 4.97. The van der Waals surface area contributed by atoms with Crippen molar-refractivity contribution in [2.45, 2.75) is 32.7 Å². The summed E-state index contributed by atoms with van der Waals surface area (Å²) in [7, 11) is 1.63. The number of nitrogens with one attached hydrogen (secondary N) is 1. The van der Waals surface area contributed by atoms with Crippen LogP contribution in [0.2, 0.25) is 0 Å². The van der Waals surface area contributed by atoms with Gasteiger partial charge >= 0.3 is 0 Å². The van der Waals surface area contributed by atoms with Crippen molar-refractivity contribution in [2.75, 3.05) is 13.7 Å². The van der Waals surface area contributed by atoms with E-state index in [1.165, 1.54) is 11.1 Å². The Kier molecular flexibility index (Phi) is 5.70. The van der Waals surface area contributed by atoms with E-state index in [1.807, 2.05) is 6.92 Å². The first-order valence-corrected chi connectivity index (χ1v) is 5.95. The average Bonchev–Trinajstić information content (AvgIpc) is 2.28. The molecule has 94 valence electrons. The van der Waals surface area contributed by atoms with Crippen LogP contribution < -0.4 is 5.32 Å². The topological polar surface area (TPSA) is 38.3 Å². The minimum absolute atomic E-state index is 0.0746. The molecule has 1 atom stereocenters. The molecule has 1 unspecified atom stereocenters. The molecule has 0 aliphatic carbocycles. The smallest absolute Gasteiger partial charge is 0.220 e. The average molecular weight is 235 g/mol. The first kappa shape index (κ1) is 13.7. The van der Waals surface area contributed by atoms with Crippen molar-refractivity contribution in [3.63, 3.8) is 0 Å². The van der Waals surface area contributed by atoms with E-state index in [0.717, 1.165) is 6.42 Å². The maximum absolute atomic E-state index is 11.6. The molecule has 0 aliphatic heterocycles. The van der Waals surface area contributed by atoms with Crippen LogP contribution in [-0.2, 0) is 16.0 Å². The summed E-state index contributed by atoms with van der Waals surface area (Å²) in [6, 6.07) is 8.36. The fourth-order valence-corrected chi connectivity index (χ4v) is 1.65. The predicted molar refractivity (Wildman–Crippen MR) is 69.0 cm³/mol. The third-order valence-electron chi connectivity index (χ3n) is 2.59. The van der Waals surface area contributed by atoms with Gasteiger partial charge in [-0.1, -0.05) is 29.8 Å². The molecular formula is C14H21NO2. The number of benzene rings is 1. The number of rotatable bonds is 6. The van der Waals surface area contributed by atoms with Crippen LogP contribution in [0.1, 0.15) is 24.5 Å².